The number of hydrogen-bond donors (Lipinski definition) is 0. The minimum atomic E-state index is 0.173. The van der Waals surface area contributed by atoms with Crippen LogP contribution in [0.25, 0.3) is 11.3 Å². The number of aromatic nitrogens is 2. The van der Waals surface area contributed by atoms with Gasteiger partial charge in [-0.1, -0.05) is 30.3 Å². The third-order valence-electron chi connectivity index (χ3n) is 4.27. The molecular weight excluding hydrogens is 274 g/mol. The Morgan fingerprint density at radius 3 is 2.77 bits per heavy atom. The first-order valence-corrected chi connectivity index (χ1v) is 7.85. The van der Waals surface area contributed by atoms with Crippen LogP contribution in [0.5, 0.6) is 0 Å². The van der Waals surface area contributed by atoms with Gasteiger partial charge >= 0.3 is 0 Å². The second-order valence-corrected chi connectivity index (χ2v) is 5.90. The molecule has 0 aliphatic carbocycles. The molecule has 0 unspecified atom stereocenters. The van der Waals surface area contributed by atoms with E-state index in [1.165, 1.54) is 0 Å². The van der Waals surface area contributed by atoms with Crippen LogP contribution >= 0.6 is 0 Å². The molecule has 0 saturated carbocycles. The van der Waals surface area contributed by atoms with Gasteiger partial charge in [0.25, 0.3) is 0 Å². The highest BCUT2D eigenvalue weighted by Crippen LogP contribution is 2.25. The molecule has 3 rings (SSSR count). The lowest BCUT2D eigenvalue weighted by Gasteiger charge is -2.32. The topological polar surface area (TPSA) is 46.1 Å². The van der Waals surface area contributed by atoms with Gasteiger partial charge in [0.05, 0.1) is 11.4 Å². The van der Waals surface area contributed by atoms with Crippen molar-refractivity contribution >= 4 is 5.91 Å². The molecule has 0 bridgehead atoms. The zero-order valence-corrected chi connectivity index (χ0v) is 12.9. The summed E-state index contributed by atoms with van der Waals surface area (Å²) in [5.74, 6) is 0.643. The van der Waals surface area contributed by atoms with Crippen molar-refractivity contribution in [2.24, 2.45) is 5.92 Å². The molecule has 1 amide bonds. The van der Waals surface area contributed by atoms with Crippen molar-refractivity contribution in [3.8, 4) is 11.3 Å². The maximum atomic E-state index is 11.6. The number of piperidine rings is 1. The molecule has 0 spiro atoms. The average Bonchev–Trinajstić information content (AvgIpc) is 2.56. The molecule has 1 atom stereocenters. The molecular formula is C18H21N3O. The predicted molar refractivity (Wildman–Crippen MR) is 86.2 cm³/mol. The smallest absolute Gasteiger partial charge is 0.219 e. The van der Waals surface area contributed by atoms with E-state index >= 15 is 0 Å². The van der Waals surface area contributed by atoms with Crippen LogP contribution in [0.1, 0.15) is 25.5 Å². The fourth-order valence-electron chi connectivity index (χ4n) is 3.14. The van der Waals surface area contributed by atoms with Crippen LogP contribution in [0.4, 0.5) is 0 Å². The van der Waals surface area contributed by atoms with Crippen molar-refractivity contribution < 1.29 is 4.79 Å². The maximum Gasteiger partial charge on any atom is 0.219 e. The lowest BCUT2D eigenvalue weighted by molar-refractivity contribution is -0.130. The van der Waals surface area contributed by atoms with Crippen LogP contribution in [-0.2, 0) is 11.2 Å². The van der Waals surface area contributed by atoms with Crippen LogP contribution in [0.3, 0.4) is 0 Å². The highest BCUT2D eigenvalue weighted by Gasteiger charge is 2.23. The minimum absolute atomic E-state index is 0.173. The zero-order valence-electron chi connectivity index (χ0n) is 12.9. The molecule has 114 valence electrons. The van der Waals surface area contributed by atoms with E-state index in [4.69, 9.17) is 0 Å². The summed E-state index contributed by atoms with van der Waals surface area (Å²) in [5.41, 5.74) is 3.09. The van der Waals surface area contributed by atoms with E-state index in [1.807, 2.05) is 23.1 Å². The highest BCUT2D eigenvalue weighted by atomic mass is 16.2. The van der Waals surface area contributed by atoms with Gasteiger partial charge in [0, 0.05) is 38.0 Å². The molecule has 1 aromatic heterocycles. The molecule has 1 fully saturated rings. The van der Waals surface area contributed by atoms with Crippen LogP contribution in [0.15, 0.2) is 42.7 Å². The summed E-state index contributed by atoms with van der Waals surface area (Å²) in [6.07, 6.45) is 6.60. The number of amides is 1. The number of rotatable bonds is 3. The maximum absolute atomic E-state index is 11.6. The van der Waals surface area contributed by atoms with Gasteiger partial charge in [0.1, 0.15) is 0 Å². The molecule has 0 N–H and O–H groups in total. The van der Waals surface area contributed by atoms with E-state index < -0.39 is 0 Å². The third kappa shape index (κ3) is 3.32. The van der Waals surface area contributed by atoms with Gasteiger partial charge < -0.3 is 4.90 Å². The molecule has 1 aromatic carbocycles. The lowest BCUT2D eigenvalue weighted by Crippen LogP contribution is -2.39. The van der Waals surface area contributed by atoms with E-state index in [1.54, 1.807) is 19.3 Å². The van der Waals surface area contributed by atoms with Crippen LogP contribution in [-0.4, -0.2) is 33.9 Å². The summed E-state index contributed by atoms with van der Waals surface area (Å²) in [6, 6.07) is 10.2. The number of carbonyl (C=O) groups is 1. The SMILES string of the molecule is CC(=O)N1CCC[C@H](Cc2nccnc2-c2ccccc2)C1. The first-order valence-electron chi connectivity index (χ1n) is 7.85. The first-order chi connectivity index (χ1) is 10.7. The van der Waals surface area contributed by atoms with Gasteiger partial charge in [-0.25, -0.2) is 0 Å². The van der Waals surface area contributed by atoms with E-state index in [2.05, 4.69) is 22.1 Å². The Hall–Kier alpha value is -2.23. The van der Waals surface area contributed by atoms with Crippen molar-refractivity contribution in [1.82, 2.24) is 14.9 Å². The highest BCUT2D eigenvalue weighted by molar-refractivity contribution is 5.73. The minimum Gasteiger partial charge on any atom is -0.343 e. The molecule has 2 heterocycles. The van der Waals surface area contributed by atoms with E-state index in [-0.39, 0.29) is 5.91 Å². The van der Waals surface area contributed by atoms with Crippen molar-refractivity contribution in [1.29, 1.82) is 0 Å². The molecule has 1 saturated heterocycles. The van der Waals surface area contributed by atoms with Gasteiger partial charge in [-0.3, -0.25) is 14.8 Å². The summed E-state index contributed by atoms with van der Waals surface area (Å²) < 4.78 is 0. The van der Waals surface area contributed by atoms with Crippen molar-refractivity contribution in [3.63, 3.8) is 0 Å². The average molecular weight is 295 g/mol. The number of benzene rings is 1. The standard InChI is InChI=1S/C18H21N3O/c1-14(22)21-11-5-6-15(13-21)12-17-18(20-10-9-19-17)16-7-3-2-4-8-16/h2-4,7-10,15H,5-6,11-13H2,1H3/t15-/m1/s1. The van der Waals surface area contributed by atoms with Gasteiger partial charge in [-0.15, -0.1) is 0 Å². The van der Waals surface area contributed by atoms with E-state index in [0.717, 1.165) is 49.3 Å². The molecule has 1 aliphatic rings. The summed E-state index contributed by atoms with van der Waals surface area (Å²) in [7, 11) is 0. The van der Waals surface area contributed by atoms with E-state index in [9.17, 15) is 4.79 Å². The van der Waals surface area contributed by atoms with Gasteiger partial charge in [-0.2, -0.15) is 0 Å². The predicted octanol–water partition coefficient (Wildman–Crippen LogP) is 2.94. The first kappa shape index (κ1) is 14.7. The zero-order chi connectivity index (χ0) is 15.4. The van der Waals surface area contributed by atoms with E-state index in [0.29, 0.717) is 5.92 Å². The largest absolute Gasteiger partial charge is 0.343 e. The second kappa shape index (κ2) is 6.69. The van der Waals surface area contributed by atoms with Crippen LogP contribution in [0.2, 0.25) is 0 Å². The lowest BCUT2D eigenvalue weighted by atomic mass is 9.91. The number of hydrogen-bond acceptors (Lipinski definition) is 3. The molecule has 1 aliphatic heterocycles. The fourth-order valence-corrected chi connectivity index (χ4v) is 3.14. The quantitative estimate of drug-likeness (QED) is 0.874. The third-order valence-corrected chi connectivity index (χ3v) is 4.27. The monoisotopic (exact) mass is 295 g/mol. The normalized spacial score (nSPS) is 18.2. The van der Waals surface area contributed by atoms with Gasteiger partial charge in [0.15, 0.2) is 0 Å². The van der Waals surface area contributed by atoms with Crippen LogP contribution < -0.4 is 0 Å². The fraction of sp³-hybridized carbons (Fsp3) is 0.389. The summed E-state index contributed by atoms with van der Waals surface area (Å²) in [6.45, 7) is 3.37. The Balaban J connectivity index is 1.80. The van der Waals surface area contributed by atoms with Gasteiger partial charge in [-0.05, 0) is 25.2 Å². The Labute approximate surface area is 131 Å². The van der Waals surface area contributed by atoms with Gasteiger partial charge in [0.2, 0.25) is 5.91 Å². The Bertz CT molecular complexity index is 642. The van der Waals surface area contributed by atoms with Crippen molar-refractivity contribution in [2.75, 3.05) is 13.1 Å². The molecule has 4 nitrogen and oxygen atoms in total. The number of nitrogens with zero attached hydrogens (tertiary/aromatic N) is 3. The molecule has 22 heavy (non-hydrogen) atoms. The second-order valence-electron chi connectivity index (χ2n) is 5.90. The van der Waals surface area contributed by atoms with Crippen LogP contribution in [0, 0.1) is 5.92 Å². The number of carbonyl (C=O) groups excluding carboxylic acids is 1. The number of likely N-dealkylation sites (tertiary alicyclic amines) is 1. The molecule has 0 radical (unpaired) electrons. The van der Waals surface area contributed by atoms with Crippen molar-refractivity contribution in [3.05, 3.63) is 48.4 Å². The molecule has 4 heteroatoms. The Morgan fingerprint density at radius 2 is 2.00 bits per heavy atom. The summed E-state index contributed by atoms with van der Waals surface area (Å²) in [5, 5.41) is 0. The molecule has 2 aromatic rings. The Morgan fingerprint density at radius 1 is 1.23 bits per heavy atom. The summed E-state index contributed by atoms with van der Waals surface area (Å²) >= 11 is 0. The Kier molecular flexibility index (Phi) is 4.47. The van der Waals surface area contributed by atoms with Crippen molar-refractivity contribution in [2.45, 2.75) is 26.2 Å². The summed E-state index contributed by atoms with van der Waals surface area (Å²) in [4.78, 5) is 22.6.